The molecule has 0 aliphatic heterocycles. The van der Waals surface area contributed by atoms with Crippen molar-refractivity contribution in [3.05, 3.63) is 0 Å². The summed E-state index contributed by atoms with van der Waals surface area (Å²) in [5.74, 6) is 4.11. The normalized spacial score (nSPS) is 56.1. The lowest BCUT2D eigenvalue weighted by Gasteiger charge is -2.73. The van der Waals surface area contributed by atoms with Crippen molar-refractivity contribution >= 4 is 5.78 Å². The number of hydrogen-bond donors (Lipinski definition) is 1. The third-order valence-electron chi connectivity index (χ3n) is 13.2. The summed E-state index contributed by atoms with van der Waals surface area (Å²) in [6.07, 6.45) is 13.6. The van der Waals surface area contributed by atoms with Crippen LogP contribution >= 0.6 is 0 Å². The SMILES string of the molecule is C[C@H]1CCC2(CO)CC[C@@]3(C)C(CCC4[C@@]5(C)CCC(=O)C(C)(C)C5CC[C@]43C)[C@@H]2C1. The molecule has 9 atom stereocenters. The molecule has 0 aromatic heterocycles. The lowest BCUT2D eigenvalue weighted by Crippen LogP contribution is -2.66. The Bertz CT molecular complexity index is 756. The fourth-order valence-corrected chi connectivity index (χ4v) is 11.1. The Kier molecular flexibility index (Phi) is 4.94. The van der Waals surface area contributed by atoms with Gasteiger partial charge in [0.05, 0.1) is 0 Å². The first-order valence-corrected chi connectivity index (χ1v) is 13.6. The molecule has 1 N–H and O–H groups in total. The lowest BCUT2D eigenvalue weighted by molar-refractivity contribution is -0.243. The second-order valence-corrected chi connectivity index (χ2v) is 14.3. The molecule has 0 bridgehead atoms. The molecule has 0 saturated heterocycles. The highest BCUT2D eigenvalue weighted by molar-refractivity contribution is 5.85. The second kappa shape index (κ2) is 6.83. The molecule has 4 unspecified atom stereocenters. The van der Waals surface area contributed by atoms with Gasteiger partial charge in [0.1, 0.15) is 5.78 Å². The predicted octanol–water partition coefficient (Wildman–Crippen LogP) is 7.04. The average Bonchev–Trinajstić information content (AvgIpc) is 2.72. The number of fused-ring (bicyclic) bond motifs is 7. The molecule has 2 heteroatoms. The lowest BCUT2D eigenvalue weighted by atomic mass is 9.32. The molecular formula is C29H48O2. The van der Waals surface area contributed by atoms with Crippen LogP contribution in [0, 0.1) is 56.7 Å². The fourth-order valence-electron chi connectivity index (χ4n) is 11.1. The van der Waals surface area contributed by atoms with Gasteiger partial charge in [-0.1, -0.05) is 48.0 Å². The van der Waals surface area contributed by atoms with Crippen molar-refractivity contribution in [2.24, 2.45) is 56.7 Å². The number of aliphatic hydroxyl groups is 1. The minimum atomic E-state index is -0.149. The third kappa shape index (κ3) is 2.69. The van der Waals surface area contributed by atoms with E-state index in [2.05, 4.69) is 41.5 Å². The quantitative estimate of drug-likeness (QED) is 0.486. The van der Waals surface area contributed by atoms with E-state index in [4.69, 9.17) is 0 Å². The van der Waals surface area contributed by atoms with Crippen molar-refractivity contribution in [3.63, 3.8) is 0 Å². The highest BCUT2D eigenvalue weighted by Crippen LogP contribution is 2.76. The maximum absolute atomic E-state index is 12.9. The summed E-state index contributed by atoms with van der Waals surface area (Å²) < 4.78 is 0. The Morgan fingerprint density at radius 1 is 0.806 bits per heavy atom. The molecule has 5 aliphatic rings. The monoisotopic (exact) mass is 428 g/mol. The van der Waals surface area contributed by atoms with Gasteiger partial charge in [0.15, 0.2) is 0 Å². The standard InChI is InChI=1S/C29H48O2/c1-19-9-14-29(18-30)16-15-27(5)20(21(29)17-19)7-8-23-26(4)12-11-24(31)25(2,3)22(26)10-13-28(23,27)6/h19-23,30H,7-18H2,1-6H3/t19-,20?,21-,22?,23?,26-,27-,28+,29?/m0/s1. The van der Waals surface area contributed by atoms with Crippen LogP contribution in [0.5, 0.6) is 0 Å². The van der Waals surface area contributed by atoms with Crippen LogP contribution in [0.3, 0.4) is 0 Å². The molecule has 0 radical (unpaired) electrons. The van der Waals surface area contributed by atoms with E-state index >= 15 is 0 Å². The van der Waals surface area contributed by atoms with Gasteiger partial charge < -0.3 is 5.11 Å². The van der Waals surface area contributed by atoms with E-state index in [1.807, 2.05) is 0 Å². The van der Waals surface area contributed by atoms with Crippen molar-refractivity contribution < 1.29 is 9.90 Å². The Morgan fingerprint density at radius 3 is 2.26 bits per heavy atom. The molecular weight excluding hydrogens is 380 g/mol. The van der Waals surface area contributed by atoms with E-state index in [0.717, 1.165) is 30.6 Å². The van der Waals surface area contributed by atoms with E-state index in [1.165, 1.54) is 57.8 Å². The molecule has 0 aromatic rings. The number of ketones is 1. The average molecular weight is 429 g/mol. The van der Waals surface area contributed by atoms with Crippen LogP contribution in [-0.2, 0) is 4.79 Å². The largest absolute Gasteiger partial charge is 0.396 e. The van der Waals surface area contributed by atoms with Crippen LogP contribution in [-0.4, -0.2) is 17.5 Å². The highest BCUT2D eigenvalue weighted by Gasteiger charge is 2.69. The zero-order valence-electron chi connectivity index (χ0n) is 21.2. The van der Waals surface area contributed by atoms with E-state index in [9.17, 15) is 9.90 Å². The zero-order chi connectivity index (χ0) is 22.4. The summed E-state index contributed by atoms with van der Waals surface area (Å²) in [6, 6.07) is 0. The summed E-state index contributed by atoms with van der Waals surface area (Å²) >= 11 is 0. The molecule has 5 fully saturated rings. The first-order valence-electron chi connectivity index (χ1n) is 13.6. The Balaban J connectivity index is 1.53. The molecule has 0 aromatic carbocycles. The van der Waals surface area contributed by atoms with E-state index in [1.54, 1.807) is 0 Å². The van der Waals surface area contributed by atoms with Gasteiger partial charge in [-0.2, -0.15) is 0 Å². The van der Waals surface area contributed by atoms with Crippen LogP contribution in [0.4, 0.5) is 0 Å². The molecule has 5 saturated carbocycles. The van der Waals surface area contributed by atoms with E-state index < -0.39 is 0 Å². The zero-order valence-corrected chi connectivity index (χ0v) is 21.2. The van der Waals surface area contributed by atoms with Crippen LogP contribution in [0.2, 0.25) is 0 Å². The molecule has 2 nitrogen and oxygen atoms in total. The molecule has 0 amide bonds. The minimum Gasteiger partial charge on any atom is -0.396 e. The summed E-state index contributed by atoms with van der Waals surface area (Å²) in [4.78, 5) is 12.9. The maximum Gasteiger partial charge on any atom is 0.138 e. The van der Waals surface area contributed by atoms with E-state index in [0.29, 0.717) is 40.5 Å². The number of rotatable bonds is 1. The topological polar surface area (TPSA) is 37.3 Å². The van der Waals surface area contributed by atoms with Gasteiger partial charge in [0.25, 0.3) is 0 Å². The summed E-state index contributed by atoms with van der Waals surface area (Å²) in [6.45, 7) is 15.3. The third-order valence-corrected chi connectivity index (χ3v) is 13.2. The predicted molar refractivity (Wildman–Crippen MR) is 127 cm³/mol. The van der Waals surface area contributed by atoms with Crippen molar-refractivity contribution in [1.82, 2.24) is 0 Å². The summed E-state index contributed by atoms with van der Waals surface area (Å²) in [5.41, 5.74) is 1.13. The van der Waals surface area contributed by atoms with Crippen LogP contribution in [0.15, 0.2) is 0 Å². The van der Waals surface area contributed by atoms with Crippen molar-refractivity contribution in [2.45, 2.75) is 112 Å². The second-order valence-electron chi connectivity index (χ2n) is 14.3. The Labute approximate surface area is 191 Å². The molecule has 0 heterocycles. The van der Waals surface area contributed by atoms with Crippen molar-refractivity contribution in [2.75, 3.05) is 6.61 Å². The highest BCUT2D eigenvalue weighted by atomic mass is 16.3. The summed E-state index contributed by atoms with van der Waals surface area (Å²) in [7, 11) is 0. The van der Waals surface area contributed by atoms with Gasteiger partial charge in [-0.3, -0.25) is 4.79 Å². The van der Waals surface area contributed by atoms with Crippen LogP contribution in [0.25, 0.3) is 0 Å². The van der Waals surface area contributed by atoms with Gasteiger partial charge in [0.2, 0.25) is 0 Å². The van der Waals surface area contributed by atoms with E-state index in [-0.39, 0.29) is 10.8 Å². The molecule has 0 spiro atoms. The van der Waals surface area contributed by atoms with Gasteiger partial charge in [-0.15, -0.1) is 0 Å². The van der Waals surface area contributed by atoms with Gasteiger partial charge in [-0.25, -0.2) is 0 Å². The van der Waals surface area contributed by atoms with Gasteiger partial charge in [-0.05, 0) is 109 Å². The maximum atomic E-state index is 12.9. The van der Waals surface area contributed by atoms with Crippen LogP contribution < -0.4 is 0 Å². The Hall–Kier alpha value is -0.370. The first kappa shape index (κ1) is 22.4. The fraction of sp³-hybridized carbons (Fsp3) is 0.966. The molecule has 5 aliphatic carbocycles. The first-order chi connectivity index (χ1) is 14.4. The molecule has 31 heavy (non-hydrogen) atoms. The smallest absolute Gasteiger partial charge is 0.138 e. The van der Waals surface area contributed by atoms with Gasteiger partial charge >= 0.3 is 0 Å². The van der Waals surface area contributed by atoms with Gasteiger partial charge in [0, 0.05) is 18.4 Å². The summed E-state index contributed by atoms with van der Waals surface area (Å²) in [5, 5.41) is 10.6. The van der Waals surface area contributed by atoms with Crippen molar-refractivity contribution in [1.29, 1.82) is 0 Å². The number of aliphatic hydroxyl groups excluding tert-OH is 1. The van der Waals surface area contributed by atoms with Crippen LogP contribution in [0.1, 0.15) is 112 Å². The number of carbonyl (C=O) groups excluding carboxylic acids is 1. The number of carbonyl (C=O) groups is 1. The molecule has 5 rings (SSSR count). The molecule has 176 valence electrons. The van der Waals surface area contributed by atoms with Crippen molar-refractivity contribution in [3.8, 4) is 0 Å². The minimum absolute atomic E-state index is 0.149. The number of hydrogen-bond acceptors (Lipinski definition) is 2. The number of Topliss-reactive ketones (excluding diaryl/α,β-unsaturated/α-hetero) is 1. The Morgan fingerprint density at radius 2 is 1.55 bits per heavy atom.